The first kappa shape index (κ1) is 19.8. The van der Waals surface area contributed by atoms with Gasteiger partial charge in [0.2, 0.25) is 0 Å². The molecule has 152 valence electrons. The van der Waals surface area contributed by atoms with Gasteiger partial charge in [-0.25, -0.2) is 9.97 Å². The van der Waals surface area contributed by atoms with Gasteiger partial charge in [0.1, 0.15) is 5.82 Å². The number of aromatic nitrogens is 3. The van der Waals surface area contributed by atoms with E-state index < -0.39 is 0 Å². The number of para-hydroxylation sites is 1. The van der Waals surface area contributed by atoms with E-state index in [1.54, 1.807) is 0 Å². The van der Waals surface area contributed by atoms with E-state index >= 15 is 0 Å². The molecular weight excluding hydrogens is 388 g/mol. The molecule has 0 aliphatic carbocycles. The van der Waals surface area contributed by atoms with Gasteiger partial charge >= 0.3 is 0 Å². The Hall–Kier alpha value is -2.49. The monoisotopic (exact) mass is 412 g/mol. The van der Waals surface area contributed by atoms with Crippen LogP contribution < -0.4 is 4.90 Å². The van der Waals surface area contributed by atoms with Gasteiger partial charge in [-0.1, -0.05) is 30.0 Å². The number of thioether (sulfide) groups is 1. The fourth-order valence-electron chi connectivity index (χ4n) is 3.15. The van der Waals surface area contributed by atoms with Crippen LogP contribution in [0.5, 0.6) is 0 Å². The lowest BCUT2D eigenvalue weighted by molar-refractivity contribution is 0.122. The van der Waals surface area contributed by atoms with E-state index in [1.807, 2.05) is 30.5 Å². The number of rotatable bonds is 8. The number of fused-ring (bicyclic) bond motifs is 1. The first-order valence-corrected chi connectivity index (χ1v) is 10.7. The van der Waals surface area contributed by atoms with Crippen LogP contribution >= 0.6 is 11.8 Å². The molecule has 0 spiro atoms. The van der Waals surface area contributed by atoms with Crippen molar-refractivity contribution in [1.29, 1.82) is 0 Å². The molecule has 0 amide bonds. The van der Waals surface area contributed by atoms with E-state index in [1.165, 1.54) is 11.8 Å². The number of anilines is 1. The molecule has 1 aliphatic rings. The van der Waals surface area contributed by atoms with Crippen molar-refractivity contribution in [3.05, 3.63) is 42.1 Å². The first-order chi connectivity index (χ1) is 14.3. The number of morpholine rings is 1. The number of aromatic amines is 1. The fraction of sp³-hybridized carbons (Fsp3) is 0.400. The Balaban J connectivity index is 1.52. The standard InChI is InChI=1S/C20H24N6O2S/c27-8-3-11-29-20-23-18(12-19(24-20)26-6-9-28-10-7-26)25-22-14-15-13-21-17-5-2-1-4-16(15)17/h1-2,4-5,12-13,21,27H,3,6-11,14H2. The van der Waals surface area contributed by atoms with Crippen LogP contribution in [0.3, 0.4) is 0 Å². The summed E-state index contributed by atoms with van der Waals surface area (Å²) in [6.45, 7) is 3.61. The smallest absolute Gasteiger partial charge is 0.191 e. The van der Waals surface area contributed by atoms with E-state index in [0.717, 1.165) is 41.1 Å². The van der Waals surface area contributed by atoms with Crippen LogP contribution in [0.15, 0.2) is 51.9 Å². The van der Waals surface area contributed by atoms with Crippen LogP contribution in [0.1, 0.15) is 12.0 Å². The number of hydrogen-bond donors (Lipinski definition) is 2. The van der Waals surface area contributed by atoms with Crippen molar-refractivity contribution in [3.63, 3.8) is 0 Å². The number of aliphatic hydroxyl groups is 1. The van der Waals surface area contributed by atoms with Gasteiger partial charge in [-0.3, -0.25) is 0 Å². The maximum atomic E-state index is 9.03. The van der Waals surface area contributed by atoms with Gasteiger partial charge in [0, 0.05) is 54.2 Å². The highest BCUT2D eigenvalue weighted by molar-refractivity contribution is 7.99. The molecule has 1 saturated heterocycles. The van der Waals surface area contributed by atoms with Crippen LogP contribution in [0.4, 0.5) is 11.6 Å². The summed E-state index contributed by atoms with van der Waals surface area (Å²) in [5.74, 6) is 2.15. The SMILES string of the molecule is OCCCSc1nc(N=NCc2c[nH]c3ccccc23)cc(N2CCOCC2)n1. The van der Waals surface area contributed by atoms with Crippen molar-refractivity contribution in [2.45, 2.75) is 18.1 Å². The number of hydrogen-bond acceptors (Lipinski definition) is 8. The third-order valence-corrected chi connectivity index (χ3v) is 5.57. The number of nitrogens with one attached hydrogen (secondary N) is 1. The highest BCUT2D eigenvalue weighted by Crippen LogP contribution is 2.25. The molecule has 29 heavy (non-hydrogen) atoms. The lowest BCUT2D eigenvalue weighted by atomic mass is 10.2. The van der Waals surface area contributed by atoms with Gasteiger partial charge < -0.3 is 19.7 Å². The number of azo groups is 1. The van der Waals surface area contributed by atoms with Crippen molar-refractivity contribution in [2.24, 2.45) is 10.2 Å². The minimum atomic E-state index is 0.160. The maximum Gasteiger partial charge on any atom is 0.191 e. The topological polar surface area (TPSA) is 99.0 Å². The molecule has 2 N–H and O–H groups in total. The summed E-state index contributed by atoms with van der Waals surface area (Å²) in [4.78, 5) is 14.6. The highest BCUT2D eigenvalue weighted by atomic mass is 32.2. The second kappa shape index (κ2) is 9.82. The maximum absolute atomic E-state index is 9.03. The Bertz CT molecular complexity index is 971. The predicted octanol–water partition coefficient (Wildman–Crippen LogP) is 3.55. The molecule has 3 aromatic rings. The first-order valence-electron chi connectivity index (χ1n) is 9.71. The number of aliphatic hydroxyl groups excluding tert-OH is 1. The Labute approximate surface area is 173 Å². The summed E-state index contributed by atoms with van der Waals surface area (Å²) in [5, 5.41) is 19.6. The Morgan fingerprint density at radius 1 is 1.21 bits per heavy atom. The Morgan fingerprint density at radius 3 is 2.93 bits per heavy atom. The van der Waals surface area contributed by atoms with Crippen molar-refractivity contribution in [2.75, 3.05) is 43.6 Å². The third kappa shape index (κ3) is 5.11. The predicted molar refractivity (Wildman–Crippen MR) is 114 cm³/mol. The van der Waals surface area contributed by atoms with Gasteiger partial charge in [0.05, 0.1) is 19.8 Å². The molecule has 3 heterocycles. The summed E-state index contributed by atoms with van der Waals surface area (Å²) < 4.78 is 5.44. The number of nitrogens with zero attached hydrogens (tertiary/aromatic N) is 5. The zero-order valence-corrected chi connectivity index (χ0v) is 16.9. The van der Waals surface area contributed by atoms with Gasteiger partial charge in [-0.2, -0.15) is 5.11 Å². The van der Waals surface area contributed by atoms with Gasteiger partial charge in [-0.15, -0.1) is 5.11 Å². The molecule has 0 atom stereocenters. The molecule has 0 bridgehead atoms. The van der Waals surface area contributed by atoms with Gasteiger partial charge in [0.25, 0.3) is 0 Å². The zero-order chi connectivity index (χ0) is 19.9. The number of H-pyrrole nitrogens is 1. The third-order valence-electron chi connectivity index (χ3n) is 4.64. The summed E-state index contributed by atoms with van der Waals surface area (Å²) in [6, 6.07) is 10.0. The molecule has 1 aliphatic heterocycles. The van der Waals surface area contributed by atoms with Gasteiger partial charge in [0.15, 0.2) is 11.0 Å². The van der Waals surface area contributed by atoms with Crippen LogP contribution in [0.25, 0.3) is 10.9 Å². The molecule has 4 rings (SSSR count). The summed E-state index contributed by atoms with van der Waals surface area (Å²) in [6.07, 6.45) is 2.67. The quantitative estimate of drug-likeness (QED) is 0.254. The number of benzene rings is 1. The average molecular weight is 413 g/mol. The second-order valence-corrected chi connectivity index (χ2v) is 7.71. The Kier molecular flexibility index (Phi) is 6.71. The molecule has 8 nitrogen and oxygen atoms in total. The second-order valence-electron chi connectivity index (χ2n) is 6.65. The van der Waals surface area contributed by atoms with Crippen LogP contribution in [-0.2, 0) is 11.3 Å². The Morgan fingerprint density at radius 2 is 2.07 bits per heavy atom. The van der Waals surface area contributed by atoms with E-state index in [-0.39, 0.29) is 6.61 Å². The van der Waals surface area contributed by atoms with Crippen LogP contribution in [-0.4, -0.2) is 58.7 Å². The normalized spacial score (nSPS) is 14.9. The lowest BCUT2D eigenvalue weighted by Gasteiger charge is -2.27. The van der Waals surface area contributed by atoms with E-state index in [2.05, 4.69) is 36.1 Å². The van der Waals surface area contributed by atoms with E-state index in [4.69, 9.17) is 9.84 Å². The average Bonchev–Trinajstić information content (AvgIpc) is 3.18. The van der Waals surface area contributed by atoms with E-state index in [9.17, 15) is 0 Å². The molecule has 0 saturated carbocycles. The highest BCUT2D eigenvalue weighted by Gasteiger charge is 2.15. The molecule has 0 radical (unpaired) electrons. The molecule has 0 unspecified atom stereocenters. The van der Waals surface area contributed by atoms with Crippen molar-refractivity contribution >= 4 is 34.3 Å². The molecule has 1 aromatic carbocycles. The largest absolute Gasteiger partial charge is 0.396 e. The minimum absolute atomic E-state index is 0.160. The minimum Gasteiger partial charge on any atom is -0.396 e. The molecule has 1 fully saturated rings. The summed E-state index contributed by atoms with van der Waals surface area (Å²) in [7, 11) is 0. The fourth-order valence-corrected chi connectivity index (χ4v) is 3.92. The van der Waals surface area contributed by atoms with Crippen molar-refractivity contribution in [1.82, 2.24) is 15.0 Å². The van der Waals surface area contributed by atoms with Crippen molar-refractivity contribution < 1.29 is 9.84 Å². The summed E-state index contributed by atoms with van der Waals surface area (Å²) >= 11 is 1.52. The molecule has 2 aromatic heterocycles. The van der Waals surface area contributed by atoms with Gasteiger partial charge in [-0.05, 0) is 12.5 Å². The lowest BCUT2D eigenvalue weighted by Crippen LogP contribution is -2.36. The molecular formula is C20H24N6O2S. The van der Waals surface area contributed by atoms with Crippen LogP contribution in [0.2, 0.25) is 0 Å². The summed E-state index contributed by atoms with van der Waals surface area (Å²) in [5.41, 5.74) is 2.20. The van der Waals surface area contributed by atoms with E-state index in [0.29, 0.717) is 37.2 Å². The van der Waals surface area contributed by atoms with Crippen LogP contribution in [0, 0.1) is 0 Å². The molecule has 9 heteroatoms. The zero-order valence-electron chi connectivity index (χ0n) is 16.1. The number of ether oxygens (including phenoxy) is 1. The van der Waals surface area contributed by atoms with Crippen molar-refractivity contribution in [3.8, 4) is 0 Å².